The Morgan fingerprint density at radius 1 is 1.25 bits per heavy atom. The van der Waals surface area contributed by atoms with E-state index in [1.54, 1.807) is 6.92 Å². The van der Waals surface area contributed by atoms with Gasteiger partial charge in [-0.2, -0.15) is 5.10 Å². The zero-order valence-electron chi connectivity index (χ0n) is 13.4. The van der Waals surface area contributed by atoms with E-state index in [4.69, 9.17) is 5.73 Å². The molecule has 1 aromatic carbocycles. The molecule has 3 rings (SSSR count). The van der Waals surface area contributed by atoms with E-state index in [1.165, 1.54) is 0 Å². The fraction of sp³-hybridized carbons (Fsp3) is 0.353. The number of carbonyl (C=O) groups excluding carboxylic acids is 2. The van der Waals surface area contributed by atoms with Crippen LogP contribution in [0, 0.1) is 0 Å². The molecule has 0 saturated carbocycles. The second-order valence-electron chi connectivity index (χ2n) is 5.97. The van der Waals surface area contributed by atoms with Gasteiger partial charge in [0, 0.05) is 15.7 Å². The minimum atomic E-state index is -0.727. The molecule has 2 amide bonds. The van der Waals surface area contributed by atoms with Crippen molar-refractivity contribution < 1.29 is 9.59 Å². The van der Waals surface area contributed by atoms with Crippen molar-refractivity contribution in [3.8, 4) is 5.69 Å². The van der Waals surface area contributed by atoms with Gasteiger partial charge < -0.3 is 11.1 Å². The number of fused-ring (bicyclic) bond motifs is 1. The van der Waals surface area contributed by atoms with Crippen molar-refractivity contribution in [2.75, 3.05) is 0 Å². The van der Waals surface area contributed by atoms with Gasteiger partial charge in [0.1, 0.15) is 6.04 Å². The van der Waals surface area contributed by atoms with E-state index >= 15 is 0 Å². The van der Waals surface area contributed by atoms with Gasteiger partial charge >= 0.3 is 0 Å². The first-order valence-corrected chi connectivity index (χ1v) is 8.73. The number of nitrogens with zero attached hydrogens (tertiary/aromatic N) is 2. The molecule has 1 aliphatic carbocycles. The van der Waals surface area contributed by atoms with Crippen LogP contribution < -0.4 is 11.1 Å². The number of hydrogen-bond donors (Lipinski definition) is 2. The number of benzene rings is 1. The first-order chi connectivity index (χ1) is 11.5. The van der Waals surface area contributed by atoms with Crippen LogP contribution in [-0.2, 0) is 17.6 Å². The van der Waals surface area contributed by atoms with Crippen molar-refractivity contribution >= 4 is 27.7 Å². The van der Waals surface area contributed by atoms with Crippen molar-refractivity contribution in [2.45, 2.75) is 38.6 Å². The van der Waals surface area contributed by atoms with Crippen LogP contribution in [0.4, 0.5) is 0 Å². The van der Waals surface area contributed by atoms with Crippen molar-refractivity contribution in [2.24, 2.45) is 5.73 Å². The Labute approximate surface area is 148 Å². The molecule has 0 radical (unpaired) electrons. The maximum Gasteiger partial charge on any atom is 0.272 e. The van der Waals surface area contributed by atoms with E-state index in [0.29, 0.717) is 5.69 Å². The minimum Gasteiger partial charge on any atom is -0.368 e. The Morgan fingerprint density at radius 2 is 1.92 bits per heavy atom. The summed E-state index contributed by atoms with van der Waals surface area (Å²) in [4.78, 5) is 23.7. The molecule has 1 heterocycles. The number of hydrogen-bond acceptors (Lipinski definition) is 3. The van der Waals surface area contributed by atoms with Gasteiger partial charge in [-0.15, -0.1) is 0 Å². The van der Waals surface area contributed by atoms with E-state index < -0.39 is 11.9 Å². The molecule has 6 nitrogen and oxygen atoms in total. The molecule has 0 bridgehead atoms. The highest BCUT2D eigenvalue weighted by atomic mass is 79.9. The lowest BCUT2D eigenvalue weighted by Crippen LogP contribution is -2.42. The Kier molecular flexibility index (Phi) is 4.71. The summed E-state index contributed by atoms with van der Waals surface area (Å²) in [5.74, 6) is -0.917. The third-order valence-corrected chi connectivity index (χ3v) is 4.77. The number of amides is 2. The first-order valence-electron chi connectivity index (χ1n) is 7.94. The highest BCUT2D eigenvalue weighted by Crippen LogP contribution is 2.27. The summed E-state index contributed by atoms with van der Waals surface area (Å²) < 4.78 is 2.82. The number of nitrogens with two attached hydrogens (primary N) is 1. The van der Waals surface area contributed by atoms with Gasteiger partial charge in [-0.25, -0.2) is 4.68 Å². The lowest BCUT2D eigenvalue weighted by Gasteiger charge is -2.14. The predicted molar refractivity (Wildman–Crippen MR) is 94.0 cm³/mol. The van der Waals surface area contributed by atoms with Gasteiger partial charge in [-0.1, -0.05) is 15.9 Å². The van der Waals surface area contributed by atoms with Crippen LogP contribution in [0.25, 0.3) is 5.69 Å². The van der Waals surface area contributed by atoms with Crippen molar-refractivity contribution in [1.82, 2.24) is 15.1 Å². The Hall–Kier alpha value is -2.15. The van der Waals surface area contributed by atoms with Gasteiger partial charge in [0.2, 0.25) is 5.91 Å². The smallest absolute Gasteiger partial charge is 0.272 e. The average molecular weight is 391 g/mol. The molecule has 24 heavy (non-hydrogen) atoms. The molecule has 2 aromatic rings. The summed E-state index contributed by atoms with van der Waals surface area (Å²) in [5.41, 5.74) is 8.57. The number of primary amides is 1. The van der Waals surface area contributed by atoms with Gasteiger partial charge in [0.05, 0.1) is 5.69 Å². The fourth-order valence-electron chi connectivity index (χ4n) is 2.91. The highest BCUT2D eigenvalue weighted by molar-refractivity contribution is 9.10. The molecular weight excluding hydrogens is 372 g/mol. The fourth-order valence-corrected chi connectivity index (χ4v) is 3.18. The Morgan fingerprint density at radius 3 is 2.58 bits per heavy atom. The standard InChI is InChI=1S/C17H19BrN4O2/c1-10(16(19)23)20-17(24)15-13-4-2-3-5-14(13)22(21-15)12-8-6-11(18)7-9-12/h6-10H,2-5H2,1H3,(H2,19,23)(H,20,24)/t10-/m0/s1. The summed E-state index contributed by atoms with van der Waals surface area (Å²) in [6, 6.07) is 7.08. The molecule has 0 unspecified atom stereocenters. The quantitative estimate of drug-likeness (QED) is 0.837. The third-order valence-electron chi connectivity index (χ3n) is 4.24. The lowest BCUT2D eigenvalue weighted by atomic mass is 9.95. The van der Waals surface area contributed by atoms with E-state index in [-0.39, 0.29) is 5.91 Å². The molecule has 0 spiro atoms. The van der Waals surface area contributed by atoms with Crippen molar-refractivity contribution in [1.29, 1.82) is 0 Å². The topological polar surface area (TPSA) is 90.0 Å². The van der Waals surface area contributed by atoms with Gasteiger partial charge in [-0.05, 0) is 56.9 Å². The molecule has 0 aliphatic heterocycles. The number of aromatic nitrogens is 2. The third kappa shape index (κ3) is 3.21. The van der Waals surface area contributed by atoms with Crippen LogP contribution in [0.5, 0.6) is 0 Å². The summed E-state index contributed by atoms with van der Waals surface area (Å²) >= 11 is 3.42. The largest absolute Gasteiger partial charge is 0.368 e. The molecule has 3 N–H and O–H groups in total. The predicted octanol–water partition coefficient (Wildman–Crippen LogP) is 2.12. The highest BCUT2D eigenvalue weighted by Gasteiger charge is 2.26. The number of carbonyl (C=O) groups is 2. The first kappa shape index (κ1) is 16.7. The van der Waals surface area contributed by atoms with E-state index in [2.05, 4.69) is 26.3 Å². The van der Waals surface area contributed by atoms with Crippen LogP contribution in [0.15, 0.2) is 28.7 Å². The van der Waals surface area contributed by atoms with Crippen molar-refractivity contribution in [3.63, 3.8) is 0 Å². The zero-order valence-corrected chi connectivity index (χ0v) is 15.0. The Bertz CT molecular complexity index is 783. The molecule has 1 aromatic heterocycles. The maximum absolute atomic E-state index is 12.5. The molecule has 0 saturated heterocycles. The summed E-state index contributed by atoms with van der Waals surface area (Å²) in [5, 5.41) is 7.16. The van der Waals surface area contributed by atoms with Crippen LogP contribution in [0.3, 0.4) is 0 Å². The molecule has 1 aliphatic rings. The van der Waals surface area contributed by atoms with Crippen molar-refractivity contribution in [3.05, 3.63) is 45.7 Å². The lowest BCUT2D eigenvalue weighted by molar-refractivity contribution is -0.119. The second-order valence-corrected chi connectivity index (χ2v) is 6.88. The minimum absolute atomic E-state index is 0.352. The van der Waals surface area contributed by atoms with Crippen LogP contribution in [-0.4, -0.2) is 27.6 Å². The summed E-state index contributed by atoms with van der Waals surface area (Å²) in [6.45, 7) is 1.57. The number of rotatable bonds is 4. The normalized spacial score (nSPS) is 14.8. The van der Waals surface area contributed by atoms with Gasteiger partial charge in [0.25, 0.3) is 5.91 Å². The van der Waals surface area contributed by atoms with Crippen LogP contribution >= 0.6 is 15.9 Å². The molecule has 126 valence electrons. The van der Waals surface area contributed by atoms with E-state index in [0.717, 1.165) is 47.1 Å². The molecule has 1 atom stereocenters. The number of halogens is 1. The molecular formula is C17H19BrN4O2. The maximum atomic E-state index is 12.5. The zero-order chi connectivity index (χ0) is 17.3. The molecule has 7 heteroatoms. The van der Waals surface area contributed by atoms with Gasteiger partial charge in [-0.3, -0.25) is 9.59 Å². The monoisotopic (exact) mass is 390 g/mol. The van der Waals surface area contributed by atoms with Crippen LogP contribution in [0.1, 0.15) is 41.5 Å². The number of nitrogens with one attached hydrogen (secondary N) is 1. The summed E-state index contributed by atoms with van der Waals surface area (Å²) in [6.07, 6.45) is 3.81. The van der Waals surface area contributed by atoms with E-state index in [9.17, 15) is 9.59 Å². The molecule has 0 fully saturated rings. The SMILES string of the molecule is C[C@H](NC(=O)c1nn(-c2ccc(Br)cc2)c2c1CCCC2)C(N)=O. The van der Waals surface area contributed by atoms with Gasteiger partial charge in [0.15, 0.2) is 5.69 Å². The second kappa shape index (κ2) is 6.76. The van der Waals surface area contributed by atoms with Crippen LogP contribution in [0.2, 0.25) is 0 Å². The summed E-state index contributed by atoms with van der Waals surface area (Å²) in [7, 11) is 0. The average Bonchev–Trinajstić information content (AvgIpc) is 2.95. The van der Waals surface area contributed by atoms with E-state index in [1.807, 2.05) is 28.9 Å². The Balaban J connectivity index is 2.00.